The SMILES string of the molecule is C/C=C/C(=O)N1[C@H](C)CNC[C@@H]1C. The van der Waals surface area contributed by atoms with Crippen LogP contribution in [0.1, 0.15) is 20.8 Å². The maximum Gasteiger partial charge on any atom is 0.246 e. The Balaban J connectivity index is 2.68. The molecule has 2 atom stereocenters. The summed E-state index contributed by atoms with van der Waals surface area (Å²) < 4.78 is 0. The Labute approximate surface area is 79.8 Å². The standard InChI is InChI=1S/C10H18N2O/c1-4-5-10(13)12-8(2)6-11-7-9(12)3/h4-5,8-9,11H,6-7H2,1-3H3/b5-4+/t8-,9+. The summed E-state index contributed by atoms with van der Waals surface area (Å²) in [5.41, 5.74) is 0. The largest absolute Gasteiger partial charge is 0.331 e. The number of rotatable bonds is 1. The van der Waals surface area contributed by atoms with Gasteiger partial charge in [0.05, 0.1) is 0 Å². The predicted molar refractivity (Wildman–Crippen MR) is 53.5 cm³/mol. The second-order valence-corrected chi connectivity index (χ2v) is 3.60. The van der Waals surface area contributed by atoms with Gasteiger partial charge in [0.25, 0.3) is 0 Å². The first-order valence-electron chi connectivity index (χ1n) is 4.82. The molecule has 0 unspecified atom stereocenters. The fourth-order valence-corrected chi connectivity index (χ4v) is 1.80. The van der Waals surface area contributed by atoms with Crippen LogP contribution in [0.25, 0.3) is 0 Å². The molecule has 0 aromatic heterocycles. The lowest BCUT2D eigenvalue weighted by Gasteiger charge is -2.38. The first kappa shape index (κ1) is 10.3. The Kier molecular flexibility index (Phi) is 3.48. The third-order valence-corrected chi connectivity index (χ3v) is 2.39. The van der Waals surface area contributed by atoms with Crippen molar-refractivity contribution in [2.24, 2.45) is 0 Å². The number of piperazine rings is 1. The molecule has 13 heavy (non-hydrogen) atoms. The fourth-order valence-electron chi connectivity index (χ4n) is 1.80. The van der Waals surface area contributed by atoms with Gasteiger partial charge >= 0.3 is 0 Å². The summed E-state index contributed by atoms with van der Waals surface area (Å²) in [4.78, 5) is 13.6. The van der Waals surface area contributed by atoms with Crippen molar-refractivity contribution in [3.63, 3.8) is 0 Å². The van der Waals surface area contributed by atoms with E-state index in [9.17, 15) is 4.79 Å². The van der Waals surface area contributed by atoms with Crippen molar-refractivity contribution in [3.8, 4) is 0 Å². The molecular weight excluding hydrogens is 164 g/mol. The van der Waals surface area contributed by atoms with Crippen LogP contribution in [0.2, 0.25) is 0 Å². The van der Waals surface area contributed by atoms with E-state index in [-0.39, 0.29) is 5.91 Å². The van der Waals surface area contributed by atoms with E-state index in [1.165, 1.54) is 0 Å². The van der Waals surface area contributed by atoms with Crippen LogP contribution >= 0.6 is 0 Å². The normalized spacial score (nSPS) is 29.6. The molecular formula is C10H18N2O. The molecule has 74 valence electrons. The van der Waals surface area contributed by atoms with E-state index < -0.39 is 0 Å². The van der Waals surface area contributed by atoms with E-state index >= 15 is 0 Å². The van der Waals surface area contributed by atoms with E-state index in [0.717, 1.165) is 13.1 Å². The average Bonchev–Trinajstić information content (AvgIpc) is 2.04. The first-order chi connectivity index (χ1) is 6.16. The van der Waals surface area contributed by atoms with Crippen molar-refractivity contribution in [1.29, 1.82) is 0 Å². The van der Waals surface area contributed by atoms with Crippen LogP contribution in [0.5, 0.6) is 0 Å². The van der Waals surface area contributed by atoms with E-state index in [4.69, 9.17) is 0 Å². The Morgan fingerprint density at radius 1 is 1.38 bits per heavy atom. The van der Waals surface area contributed by atoms with Crippen LogP contribution in [0, 0.1) is 0 Å². The minimum atomic E-state index is 0.129. The summed E-state index contributed by atoms with van der Waals surface area (Å²) in [7, 11) is 0. The van der Waals surface area contributed by atoms with E-state index in [1.54, 1.807) is 12.2 Å². The molecule has 0 spiro atoms. The highest BCUT2D eigenvalue weighted by atomic mass is 16.2. The summed E-state index contributed by atoms with van der Waals surface area (Å²) >= 11 is 0. The minimum absolute atomic E-state index is 0.129. The maximum absolute atomic E-state index is 11.6. The summed E-state index contributed by atoms with van der Waals surface area (Å²) in [6, 6.07) is 0.597. The minimum Gasteiger partial charge on any atom is -0.331 e. The van der Waals surface area contributed by atoms with Crippen LogP contribution in [0.3, 0.4) is 0 Å². The van der Waals surface area contributed by atoms with Crippen molar-refractivity contribution in [3.05, 3.63) is 12.2 Å². The number of nitrogens with one attached hydrogen (secondary N) is 1. The molecule has 1 saturated heterocycles. The molecule has 1 aliphatic heterocycles. The van der Waals surface area contributed by atoms with Gasteiger partial charge < -0.3 is 10.2 Å². The number of carbonyl (C=O) groups excluding carboxylic acids is 1. The molecule has 0 aliphatic carbocycles. The van der Waals surface area contributed by atoms with E-state index in [2.05, 4.69) is 19.2 Å². The number of nitrogens with zero attached hydrogens (tertiary/aromatic N) is 1. The number of hydrogen-bond donors (Lipinski definition) is 1. The number of allylic oxidation sites excluding steroid dienone is 1. The zero-order valence-corrected chi connectivity index (χ0v) is 8.58. The summed E-state index contributed by atoms with van der Waals surface area (Å²) in [5.74, 6) is 0.129. The molecule has 0 aromatic carbocycles. The molecule has 0 bridgehead atoms. The van der Waals surface area contributed by atoms with Gasteiger partial charge in [-0.2, -0.15) is 0 Å². The molecule has 0 radical (unpaired) electrons. The maximum atomic E-state index is 11.6. The third kappa shape index (κ3) is 2.31. The highest BCUT2D eigenvalue weighted by Crippen LogP contribution is 2.10. The van der Waals surface area contributed by atoms with Gasteiger partial charge in [0.2, 0.25) is 5.91 Å². The van der Waals surface area contributed by atoms with Crippen molar-refractivity contribution in [2.45, 2.75) is 32.9 Å². The molecule has 1 N–H and O–H groups in total. The smallest absolute Gasteiger partial charge is 0.246 e. The Hall–Kier alpha value is -0.830. The highest BCUT2D eigenvalue weighted by molar-refractivity contribution is 5.88. The summed E-state index contributed by atoms with van der Waals surface area (Å²) in [6.07, 6.45) is 3.43. The van der Waals surface area contributed by atoms with Gasteiger partial charge in [0.1, 0.15) is 0 Å². The van der Waals surface area contributed by atoms with Crippen molar-refractivity contribution < 1.29 is 4.79 Å². The van der Waals surface area contributed by atoms with Gasteiger partial charge in [-0.05, 0) is 26.8 Å². The third-order valence-electron chi connectivity index (χ3n) is 2.39. The van der Waals surface area contributed by atoms with Crippen LogP contribution in [0.15, 0.2) is 12.2 Å². The van der Waals surface area contributed by atoms with Crippen LogP contribution in [-0.4, -0.2) is 36.0 Å². The Morgan fingerprint density at radius 2 is 1.92 bits per heavy atom. The molecule has 3 heteroatoms. The Bertz CT molecular complexity index is 203. The van der Waals surface area contributed by atoms with Crippen molar-refractivity contribution in [2.75, 3.05) is 13.1 Å². The fraction of sp³-hybridized carbons (Fsp3) is 0.700. The van der Waals surface area contributed by atoms with Crippen LogP contribution in [-0.2, 0) is 4.79 Å². The van der Waals surface area contributed by atoms with Gasteiger partial charge in [-0.25, -0.2) is 0 Å². The molecule has 1 heterocycles. The van der Waals surface area contributed by atoms with Gasteiger partial charge in [-0.1, -0.05) is 6.08 Å². The van der Waals surface area contributed by atoms with Crippen molar-refractivity contribution in [1.82, 2.24) is 10.2 Å². The molecule has 1 rings (SSSR count). The second kappa shape index (κ2) is 4.42. The average molecular weight is 182 g/mol. The second-order valence-electron chi connectivity index (χ2n) is 3.60. The number of amides is 1. The van der Waals surface area contributed by atoms with Gasteiger partial charge in [-0.15, -0.1) is 0 Å². The predicted octanol–water partition coefficient (Wildman–Crippen LogP) is 0.771. The van der Waals surface area contributed by atoms with Gasteiger partial charge in [0.15, 0.2) is 0 Å². The monoisotopic (exact) mass is 182 g/mol. The highest BCUT2D eigenvalue weighted by Gasteiger charge is 2.26. The van der Waals surface area contributed by atoms with Gasteiger partial charge in [0, 0.05) is 25.2 Å². The lowest BCUT2D eigenvalue weighted by atomic mass is 10.1. The number of carbonyl (C=O) groups is 1. The summed E-state index contributed by atoms with van der Waals surface area (Å²) in [6.45, 7) is 7.81. The van der Waals surface area contributed by atoms with Crippen molar-refractivity contribution >= 4 is 5.91 Å². The zero-order chi connectivity index (χ0) is 9.84. The van der Waals surface area contributed by atoms with E-state index in [1.807, 2.05) is 11.8 Å². The topological polar surface area (TPSA) is 32.3 Å². The molecule has 1 fully saturated rings. The summed E-state index contributed by atoms with van der Waals surface area (Å²) in [5, 5.41) is 3.29. The zero-order valence-electron chi connectivity index (χ0n) is 8.58. The van der Waals surface area contributed by atoms with Crippen LogP contribution in [0.4, 0.5) is 0 Å². The van der Waals surface area contributed by atoms with Crippen LogP contribution < -0.4 is 5.32 Å². The number of hydrogen-bond acceptors (Lipinski definition) is 2. The molecule has 1 aliphatic rings. The van der Waals surface area contributed by atoms with Gasteiger partial charge in [-0.3, -0.25) is 4.79 Å². The lowest BCUT2D eigenvalue weighted by molar-refractivity contribution is -0.131. The lowest BCUT2D eigenvalue weighted by Crippen LogP contribution is -2.56. The van der Waals surface area contributed by atoms with E-state index in [0.29, 0.717) is 12.1 Å². The Morgan fingerprint density at radius 3 is 2.38 bits per heavy atom. The molecule has 0 aromatic rings. The first-order valence-corrected chi connectivity index (χ1v) is 4.82. The quantitative estimate of drug-likeness (QED) is 0.608. The molecule has 1 amide bonds. The molecule has 0 saturated carbocycles. The molecule has 3 nitrogen and oxygen atoms in total.